The van der Waals surface area contributed by atoms with Crippen LogP contribution in [0.25, 0.3) is 22.7 Å². The summed E-state index contributed by atoms with van der Waals surface area (Å²) in [7, 11) is 0. The van der Waals surface area contributed by atoms with Crippen molar-refractivity contribution in [2.24, 2.45) is 0 Å². The molecule has 0 spiro atoms. The van der Waals surface area contributed by atoms with Crippen molar-refractivity contribution in [2.45, 2.75) is 20.0 Å². The number of thiocarbonyl (C=S) groups is 1. The molecule has 2 aromatic heterocycles. The number of aryl methyl sites for hydroxylation is 1. The predicted octanol–water partition coefficient (Wildman–Crippen LogP) is 5.79. The van der Waals surface area contributed by atoms with Crippen LogP contribution >= 0.6 is 35.4 Å². The zero-order valence-electron chi connectivity index (χ0n) is 17.6. The molecular weight excluding hydrogens is 483 g/mol. The second kappa shape index (κ2) is 9.74. The number of benzene rings is 2. The fraction of sp³-hybridized carbons (Fsp3) is 0.130. The Morgan fingerprint density at radius 3 is 2.73 bits per heavy atom. The lowest BCUT2D eigenvalue weighted by atomic mass is 10.1. The molecular formula is C23H18Cl2N4O3S. The van der Waals surface area contributed by atoms with Gasteiger partial charge in [-0.2, -0.15) is 4.98 Å². The Morgan fingerprint density at radius 1 is 1.18 bits per heavy atom. The van der Waals surface area contributed by atoms with Crippen LogP contribution in [0.3, 0.4) is 0 Å². The molecule has 0 aliphatic heterocycles. The highest BCUT2D eigenvalue weighted by atomic mass is 35.5. The average molecular weight is 501 g/mol. The van der Waals surface area contributed by atoms with E-state index >= 15 is 0 Å². The topological polar surface area (TPSA) is 89.3 Å². The van der Waals surface area contributed by atoms with Crippen molar-refractivity contribution in [1.82, 2.24) is 15.3 Å². The van der Waals surface area contributed by atoms with Crippen LogP contribution in [0.4, 0.5) is 5.69 Å². The van der Waals surface area contributed by atoms with Gasteiger partial charge in [0.2, 0.25) is 5.89 Å². The Balaban J connectivity index is 1.39. The molecule has 0 saturated heterocycles. The fourth-order valence-electron chi connectivity index (χ4n) is 3.01. The first kappa shape index (κ1) is 23.0. The van der Waals surface area contributed by atoms with Crippen LogP contribution in [0.2, 0.25) is 10.0 Å². The lowest BCUT2D eigenvalue weighted by Gasteiger charge is -2.17. The van der Waals surface area contributed by atoms with Crippen LogP contribution in [-0.4, -0.2) is 27.1 Å². The molecule has 0 aliphatic rings. The number of hydrogen-bond donors (Lipinski definition) is 2. The van der Waals surface area contributed by atoms with Crippen molar-refractivity contribution < 1.29 is 13.9 Å². The molecule has 10 heteroatoms. The number of carbonyl (C=O) groups is 1. The summed E-state index contributed by atoms with van der Waals surface area (Å²) in [5.74, 6) is 0.399. The third-order valence-corrected chi connectivity index (χ3v) is 5.42. The minimum atomic E-state index is -0.834. The predicted molar refractivity (Wildman–Crippen MR) is 133 cm³/mol. The van der Waals surface area contributed by atoms with Crippen molar-refractivity contribution in [3.8, 4) is 17.2 Å². The summed E-state index contributed by atoms with van der Waals surface area (Å²) >= 11 is 17.3. The lowest BCUT2D eigenvalue weighted by molar-refractivity contribution is -0.125. The molecule has 2 N–H and O–H groups in total. The number of nitrogens with zero attached hydrogens (tertiary/aromatic N) is 2. The third kappa shape index (κ3) is 5.42. The molecule has 0 saturated carbocycles. The number of ether oxygens (including phenoxy) is 1. The average Bonchev–Trinajstić information content (AvgIpc) is 3.21. The van der Waals surface area contributed by atoms with Gasteiger partial charge in [-0.05, 0) is 80.2 Å². The molecule has 1 amide bonds. The Hall–Kier alpha value is -3.20. The van der Waals surface area contributed by atoms with Gasteiger partial charge in [-0.15, -0.1) is 0 Å². The van der Waals surface area contributed by atoms with Gasteiger partial charge < -0.3 is 14.5 Å². The molecule has 33 heavy (non-hydrogen) atoms. The summed E-state index contributed by atoms with van der Waals surface area (Å²) < 4.78 is 11.4. The zero-order chi connectivity index (χ0) is 23.5. The number of aromatic nitrogens is 2. The van der Waals surface area contributed by atoms with Crippen LogP contribution in [0, 0.1) is 6.92 Å². The number of rotatable bonds is 5. The van der Waals surface area contributed by atoms with Crippen molar-refractivity contribution in [3.05, 3.63) is 70.3 Å². The highest BCUT2D eigenvalue weighted by Crippen LogP contribution is 2.29. The number of carbonyl (C=O) groups excluding carboxylic acids is 1. The first-order valence-corrected chi connectivity index (χ1v) is 11.0. The maximum Gasteiger partial charge on any atom is 0.266 e. The molecule has 7 nitrogen and oxygen atoms in total. The molecule has 0 fully saturated rings. The van der Waals surface area contributed by atoms with E-state index in [4.69, 9.17) is 44.6 Å². The molecule has 2 heterocycles. The maximum atomic E-state index is 12.5. The molecule has 0 unspecified atom stereocenters. The number of hydrogen-bond acceptors (Lipinski definition) is 6. The van der Waals surface area contributed by atoms with Gasteiger partial charge in [-0.25, -0.2) is 4.98 Å². The van der Waals surface area contributed by atoms with E-state index in [1.54, 1.807) is 37.4 Å². The summed E-state index contributed by atoms with van der Waals surface area (Å²) in [6, 6.07) is 14.0. The number of halogens is 2. The summed E-state index contributed by atoms with van der Waals surface area (Å²) in [6.45, 7) is 3.50. The van der Waals surface area contributed by atoms with Crippen LogP contribution in [0.1, 0.15) is 12.5 Å². The second-order valence-corrected chi connectivity index (χ2v) is 8.40. The number of pyridine rings is 1. The molecule has 4 aromatic rings. The van der Waals surface area contributed by atoms with Crippen molar-refractivity contribution in [1.29, 1.82) is 0 Å². The lowest BCUT2D eigenvalue weighted by Crippen LogP contribution is -2.42. The van der Waals surface area contributed by atoms with Gasteiger partial charge in [0.1, 0.15) is 5.75 Å². The number of anilines is 1. The fourth-order valence-corrected chi connectivity index (χ4v) is 3.67. The Labute approximate surface area is 205 Å². The molecule has 1 atom stereocenters. The Morgan fingerprint density at radius 2 is 2.00 bits per heavy atom. The van der Waals surface area contributed by atoms with Gasteiger partial charge in [0.05, 0.1) is 5.02 Å². The molecule has 0 bridgehead atoms. The van der Waals surface area contributed by atoms with E-state index < -0.39 is 12.0 Å². The number of amides is 1. The van der Waals surface area contributed by atoms with Crippen LogP contribution in [-0.2, 0) is 4.79 Å². The van der Waals surface area contributed by atoms with Crippen LogP contribution in [0.5, 0.6) is 5.75 Å². The van der Waals surface area contributed by atoms with Gasteiger partial charge in [0.25, 0.3) is 5.91 Å². The van der Waals surface area contributed by atoms with Crippen molar-refractivity contribution in [2.75, 3.05) is 5.32 Å². The number of nitrogens with one attached hydrogen (secondary N) is 2. The van der Waals surface area contributed by atoms with Gasteiger partial charge in [-0.3, -0.25) is 10.1 Å². The quantitative estimate of drug-likeness (QED) is 0.335. The Kier molecular flexibility index (Phi) is 6.78. The van der Waals surface area contributed by atoms with Gasteiger partial charge in [-0.1, -0.05) is 23.2 Å². The summed E-state index contributed by atoms with van der Waals surface area (Å²) in [6.07, 6.45) is 0.831. The summed E-state index contributed by atoms with van der Waals surface area (Å²) in [4.78, 5) is 21.1. The first-order chi connectivity index (χ1) is 15.8. The van der Waals surface area contributed by atoms with E-state index in [1.165, 1.54) is 0 Å². The third-order valence-electron chi connectivity index (χ3n) is 4.69. The number of oxazole rings is 1. The van der Waals surface area contributed by atoms with E-state index in [1.807, 2.05) is 31.2 Å². The van der Waals surface area contributed by atoms with E-state index in [-0.39, 0.29) is 5.11 Å². The highest BCUT2D eigenvalue weighted by Gasteiger charge is 2.18. The minimum absolute atomic E-state index is 0.138. The van der Waals surface area contributed by atoms with E-state index in [2.05, 4.69) is 20.6 Å². The van der Waals surface area contributed by atoms with Gasteiger partial charge >= 0.3 is 0 Å². The van der Waals surface area contributed by atoms with Crippen molar-refractivity contribution >= 4 is 63.4 Å². The molecule has 0 aliphatic carbocycles. The van der Waals surface area contributed by atoms with Gasteiger partial charge in [0.15, 0.2) is 22.4 Å². The van der Waals surface area contributed by atoms with E-state index in [0.717, 1.165) is 16.8 Å². The molecule has 168 valence electrons. The monoisotopic (exact) mass is 500 g/mol. The molecule has 2 aromatic carbocycles. The van der Waals surface area contributed by atoms with Gasteiger partial charge in [0, 0.05) is 22.5 Å². The summed E-state index contributed by atoms with van der Waals surface area (Å²) in [5, 5.41) is 6.57. The molecule has 4 rings (SSSR count). The smallest absolute Gasteiger partial charge is 0.266 e. The summed E-state index contributed by atoms with van der Waals surface area (Å²) in [5.41, 5.74) is 3.58. The maximum absolute atomic E-state index is 12.5. The minimum Gasteiger partial charge on any atom is -0.479 e. The first-order valence-electron chi connectivity index (χ1n) is 9.86. The normalized spacial score (nSPS) is 11.8. The van der Waals surface area contributed by atoms with Crippen LogP contribution in [0.15, 0.2) is 59.1 Å². The Bertz CT molecular complexity index is 1330. The van der Waals surface area contributed by atoms with Crippen molar-refractivity contribution in [3.63, 3.8) is 0 Å². The second-order valence-electron chi connectivity index (χ2n) is 7.15. The van der Waals surface area contributed by atoms with Crippen LogP contribution < -0.4 is 15.4 Å². The molecule has 0 radical (unpaired) electrons. The standard InChI is InChI=1S/C23H18Cl2N4O3S/c1-12-10-14(22-28-20-19(32-22)4-3-9-26-20)5-7-17(12)27-23(33)29-21(30)13(2)31-18-8-6-15(24)11-16(18)25/h3-11,13H,1-2H3,(H2,27,29,30,33)/t13-/m1/s1. The highest BCUT2D eigenvalue weighted by molar-refractivity contribution is 7.80. The largest absolute Gasteiger partial charge is 0.479 e. The zero-order valence-corrected chi connectivity index (χ0v) is 19.9. The van der Waals surface area contributed by atoms with E-state index in [9.17, 15) is 4.79 Å². The number of fused-ring (bicyclic) bond motifs is 1. The van der Waals surface area contributed by atoms with E-state index in [0.29, 0.717) is 32.9 Å². The SMILES string of the molecule is Cc1cc(-c2nc3ncccc3o2)ccc1NC(=S)NC(=O)[C@@H](C)Oc1ccc(Cl)cc1Cl.